The lowest BCUT2D eigenvalue weighted by Crippen LogP contribution is -2.21. The van der Waals surface area contributed by atoms with E-state index in [1.54, 1.807) is 18.3 Å². The third-order valence-electron chi connectivity index (χ3n) is 3.21. The fourth-order valence-corrected chi connectivity index (χ4v) is 1.98. The molecule has 3 rings (SSSR count). The number of H-pyrrole nitrogens is 1. The number of nitrogens with one attached hydrogen (secondary N) is 2. The Morgan fingerprint density at radius 1 is 1.15 bits per heavy atom. The largest absolute Gasteiger partial charge is 0.490 e. The van der Waals surface area contributed by atoms with Crippen LogP contribution in [0.5, 0.6) is 0 Å². The number of rotatable bonds is 4. The van der Waals surface area contributed by atoms with Crippen LogP contribution in [0.15, 0.2) is 42.6 Å². The van der Waals surface area contributed by atoms with Crippen molar-refractivity contribution in [2.45, 2.75) is 12.7 Å². The van der Waals surface area contributed by atoms with Gasteiger partial charge < -0.3 is 15.5 Å². The molecule has 0 aliphatic rings. The number of halogens is 3. The van der Waals surface area contributed by atoms with E-state index in [-0.39, 0.29) is 5.69 Å². The predicted molar refractivity (Wildman–Crippen MR) is 88.3 cm³/mol. The molecule has 1 aromatic carbocycles. The molecule has 4 N–H and O–H groups in total. The van der Waals surface area contributed by atoms with Gasteiger partial charge >= 0.3 is 18.1 Å². The normalized spacial score (nSPS) is 10.8. The highest BCUT2D eigenvalue weighted by Gasteiger charge is 2.38. The molecule has 2 aromatic heterocycles. The molecule has 0 saturated heterocycles. The number of aromatic nitrogens is 3. The molecule has 0 unspecified atom stereocenters. The van der Waals surface area contributed by atoms with Crippen molar-refractivity contribution in [1.82, 2.24) is 15.2 Å². The quantitative estimate of drug-likeness (QED) is 0.546. The molecule has 0 saturated carbocycles. The molecular weight excluding hydrogens is 369 g/mol. The minimum absolute atomic E-state index is 0.0292. The number of hydrogen-bond acceptors (Lipinski definition) is 5. The van der Waals surface area contributed by atoms with Crippen LogP contribution >= 0.6 is 0 Å². The van der Waals surface area contributed by atoms with E-state index in [1.807, 2.05) is 24.3 Å². The first-order valence-electron chi connectivity index (χ1n) is 7.34. The van der Waals surface area contributed by atoms with Crippen molar-refractivity contribution < 1.29 is 33.0 Å². The summed E-state index contributed by atoms with van der Waals surface area (Å²) in [5, 5.41) is 26.5. The maximum Gasteiger partial charge on any atom is 0.490 e. The van der Waals surface area contributed by atoms with Gasteiger partial charge in [0.25, 0.3) is 0 Å². The summed E-state index contributed by atoms with van der Waals surface area (Å²) in [5.74, 6) is -3.80. The number of aromatic amines is 1. The van der Waals surface area contributed by atoms with Crippen molar-refractivity contribution in [2.24, 2.45) is 0 Å². The van der Waals surface area contributed by atoms with Crippen LogP contribution in [0.1, 0.15) is 16.2 Å². The van der Waals surface area contributed by atoms with E-state index in [0.717, 1.165) is 11.4 Å². The molecule has 0 radical (unpaired) electrons. The van der Waals surface area contributed by atoms with Gasteiger partial charge in [0.05, 0.1) is 17.8 Å². The number of benzene rings is 1. The van der Waals surface area contributed by atoms with Crippen LogP contribution in [0.4, 0.5) is 18.9 Å². The van der Waals surface area contributed by atoms with Gasteiger partial charge in [-0.3, -0.25) is 10.1 Å². The summed E-state index contributed by atoms with van der Waals surface area (Å²) in [5.41, 5.74) is 2.47. The van der Waals surface area contributed by atoms with Crippen LogP contribution in [0.3, 0.4) is 0 Å². The second-order valence-corrected chi connectivity index (χ2v) is 5.12. The average molecular weight is 382 g/mol. The fourth-order valence-electron chi connectivity index (χ4n) is 1.98. The first-order valence-corrected chi connectivity index (χ1v) is 7.34. The molecule has 0 spiro atoms. The van der Waals surface area contributed by atoms with Crippen molar-refractivity contribution in [3.63, 3.8) is 0 Å². The number of carboxylic acid groups (broad SMARTS) is 2. The van der Waals surface area contributed by atoms with E-state index < -0.39 is 18.1 Å². The van der Waals surface area contributed by atoms with Crippen LogP contribution < -0.4 is 5.32 Å². The summed E-state index contributed by atoms with van der Waals surface area (Å²) in [6, 6.07) is 11.1. The van der Waals surface area contributed by atoms with Gasteiger partial charge in [-0.1, -0.05) is 6.07 Å². The average Bonchev–Trinajstić information content (AvgIpc) is 3.04. The van der Waals surface area contributed by atoms with E-state index >= 15 is 0 Å². The van der Waals surface area contributed by atoms with Gasteiger partial charge in [-0.05, 0) is 30.3 Å². The van der Waals surface area contributed by atoms with Crippen molar-refractivity contribution >= 4 is 28.5 Å². The Morgan fingerprint density at radius 3 is 2.41 bits per heavy atom. The van der Waals surface area contributed by atoms with Gasteiger partial charge in [0, 0.05) is 17.3 Å². The summed E-state index contributed by atoms with van der Waals surface area (Å²) in [6.45, 7) is 0.576. The summed E-state index contributed by atoms with van der Waals surface area (Å²) in [4.78, 5) is 24.2. The monoisotopic (exact) mass is 382 g/mol. The zero-order valence-corrected chi connectivity index (χ0v) is 13.5. The second kappa shape index (κ2) is 8.17. The van der Waals surface area contributed by atoms with E-state index in [2.05, 4.69) is 20.5 Å². The molecule has 0 atom stereocenters. The molecule has 0 aliphatic heterocycles. The van der Waals surface area contributed by atoms with E-state index in [0.29, 0.717) is 17.4 Å². The fraction of sp³-hybridized carbons (Fsp3) is 0.125. The van der Waals surface area contributed by atoms with Crippen LogP contribution in [0.25, 0.3) is 10.9 Å². The summed E-state index contributed by atoms with van der Waals surface area (Å²) < 4.78 is 31.7. The zero-order chi connectivity index (χ0) is 20.0. The van der Waals surface area contributed by atoms with Gasteiger partial charge in [-0.25, -0.2) is 9.59 Å². The number of anilines is 1. The van der Waals surface area contributed by atoms with Crippen LogP contribution in [0, 0.1) is 0 Å². The third kappa shape index (κ3) is 5.42. The van der Waals surface area contributed by atoms with Crippen LogP contribution in [-0.2, 0) is 11.3 Å². The lowest BCUT2D eigenvalue weighted by Gasteiger charge is -2.05. The number of nitrogens with zero attached hydrogens (tertiary/aromatic N) is 2. The van der Waals surface area contributed by atoms with Crippen molar-refractivity contribution in [3.8, 4) is 0 Å². The van der Waals surface area contributed by atoms with E-state index in [1.165, 1.54) is 0 Å². The summed E-state index contributed by atoms with van der Waals surface area (Å²) >= 11 is 0. The van der Waals surface area contributed by atoms with Gasteiger partial charge in [-0.2, -0.15) is 18.3 Å². The smallest absolute Gasteiger partial charge is 0.476 e. The first-order chi connectivity index (χ1) is 12.7. The van der Waals surface area contributed by atoms with Gasteiger partial charge in [0.1, 0.15) is 0 Å². The van der Waals surface area contributed by atoms with Crippen LogP contribution in [0.2, 0.25) is 0 Å². The minimum Gasteiger partial charge on any atom is -0.476 e. The lowest BCUT2D eigenvalue weighted by atomic mass is 10.2. The van der Waals surface area contributed by atoms with Gasteiger partial charge in [-0.15, -0.1) is 0 Å². The summed E-state index contributed by atoms with van der Waals surface area (Å²) in [6.07, 6.45) is -3.35. The number of aromatic carboxylic acids is 1. The lowest BCUT2D eigenvalue weighted by molar-refractivity contribution is -0.192. The number of fused-ring (bicyclic) bond motifs is 1. The maximum absolute atomic E-state index is 11.1. The van der Waals surface area contributed by atoms with Crippen LogP contribution in [-0.4, -0.2) is 43.5 Å². The number of aliphatic carboxylic acids is 1. The molecule has 0 aliphatic carbocycles. The maximum atomic E-state index is 11.1. The first kappa shape index (κ1) is 19.7. The Labute approximate surface area is 149 Å². The highest BCUT2D eigenvalue weighted by Crippen LogP contribution is 2.21. The van der Waals surface area contributed by atoms with Crippen molar-refractivity contribution in [2.75, 3.05) is 5.32 Å². The number of alkyl halides is 3. The molecule has 0 amide bonds. The second-order valence-electron chi connectivity index (χ2n) is 5.12. The van der Waals surface area contributed by atoms with Crippen molar-refractivity contribution in [3.05, 3.63) is 54.0 Å². The van der Waals surface area contributed by atoms with Crippen molar-refractivity contribution in [1.29, 1.82) is 0 Å². The number of hydrogen-bond donors (Lipinski definition) is 4. The Bertz CT molecular complexity index is 942. The van der Waals surface area contributed by atoms with Gasteiger partial charge in [0.15, 0.2) is 5.69 Å². The highest BCUT2D eigenvalue weighted by atomic mass is 19.4. The molecule has 0 fully saturated rings. The Kier molecular flexibility index (Phi) is 5.96. The number of carboxylic acids is 2. The van der Waals surface area contributed by atoms with E-state index in [4.69, 9.17) is 15.0 Å². The molecule has 3 aromatic rings. The number of pyridine rings is 1. The topological polar surface area (TPSA) is 128 Å². The molecule has 11 heteroatoms. The number of carbonyl (C=O) groups is 2. The SMILES string of the molecule is O=C(O)C(F)(F)F.O=C(O)c1n[nH]c2ccc(NCc3ccccn3)cc12. The molecular formula is C16H13F3N4O4. The molecule has 27 heavy (non-hydrogen) atoms. The Balaban J connectivity index is 0.000000321. The molecule has 142 valence electrons. The minimum atomic E-state index is -5.08. The Hall–Kier alpha value is -3.63. The zero-order valence-electron chi connectivity index (χ0n) is 13.5. The van der Waals surface area contributed by atoms with Gasteiger partial charge in [0.2, 0.25) is 0 Å². The highest BCUT2D eigenvalue weighted by molar-refractivity contribution is 6.01. The molecule has 8 nitrogen and oxygen atoms in total. The van der Waals surface area contributed by atoms with E-state index in [9.17, 15) is 18.0 Å². The third-order valence-corrected chi connectivity index (χ3v) is 3.21. The molecule has 0 bridgehead atoms. The predicted octanol–water partition coefficient (Wildman–Crippen LogP) is 2.90. The molecule has 2 heterocycles. The standard InChI is InChI=1S/C14H12N4O2.C2HF3O2/c19-14(20)13-11-7-9(4-5-12(11)17-18-13)16-8-10-3-1-2-6-15-10;3-2(4,5)1(6)7/h1-7,16H,8H2,(H,17,18)(H,19,20);(H,6,7). The Morgan fingerprint density at radius 2 is 1.85 bits per heavy atom. The summed E-state index contributed by atoms with van der Waals surface area (Å²) in [7, 11) is 0.